The van der Waals surface area contributed by atoms with E-state index in [1.807, 2.05) is 59.5 Å². The Bertz CT molecular complexity index is 1020. The van der Waals surface area contributed by atoms with Gasteiger partial charge in [0.1, 0.15) is 0 Å². The van der Waals surface area contributed by atoms with Gasteiger partial charge in [0.25, 0.3) is 0 Å². The van der Waals surface area contributed by atoms with Crippen LogP contribution >= 0.6 is 0 Å². The number of amides is 2. The van der Waals surface area contributed by atoms with Gasteiger partial charge in [0, 0.05) is 38.4 Å². The van der Waals surface area contributed by atoms with Gasteiger partial charge in [-0.3, -0.25) is 14.6 Å². The minimum absolute atomic E-state index is 0.0166. The zero-order valence-electron chi connectivity index (χ0n) is 17.5. The van der Waals surface area contributed by atoms with Crippen molar-refractivity contribution in [1.82, 2.24) is 15.2 Å². The number of benzene rings is 2. The number of hydrogen-bond acceptors (Lipinski definition) is 3. The zero-order chi connectivity index (χ0) is 21.5. The van der Waals surface area contributed by atoms with Crippen molar-refractivity contribution in [2.75, 3.05) is 19.6 Å². The lowest BCUT2D eigenvalue weighted by atomic mass is 9.91. The topological polar surface area (TPSA) is 62.3 Å². The molecule has 1 atom stereocenters. The Kier molecular flexibility index (Phi) is 6.72. The highest BCUT2D eigenvalue weighted by Crippen LogP contribution is 2.26. The maximum atomic E-state index is 12.9. The molecule has 1 aliphatic rings. The molecule has 0 radical (unpaired) electrons. The van der Waals surface area contributed by atoms with E-state index in [0.717, 1.165) is 22.3 Å². The third-order valence-electron chi connectivity index (χ3n) is 5.79. The second-order valence-electron chi connectivity index (χ2n) is 7.91. The van der Waals surface area contributed by atoms with Gasteiger partial charge in [-0.05, 0) is 47.2 Å². The number of carbonyl (C=O) groups is 2. The van der Waals surface area contributed by atoms with Crippen LogP contribution in [0.4, 0.5) is 0 Å². The molecule has 31 heavy (non-hydrogen) atoms. The van der Waals surface area contributed by atoms with Crippen LogP contribution in [0.15, 0.2) is 79.1 Å². The summed E-state index contributed by atoms with van der Waals surface area (Å²) in [6, 6.07) is 22.1. The molecule has 2 aromatic carbocycles. The molecule has 0 saturated carbocycles. The first kappa shape index (κ1) is 20.8. The predicted molar refractivity (Wildman–Crippen MR) is 121 cm³/mol. The zero-order valence-corrected chi connectivity index (χ0v) is 17.5. The van der Waals surface area contributed by atoms with Crippen LogP contribution in [-0.4, -0.2) is 41.3 Å². The van der Waals surface area contributed by atoms with Crippen LogP contribution in [0.1, 0.15) is 17.5 Å². The fourth-order valence-corrected chi connectivity index (χ4v) is 4.11. The second kappa shape index (κ2) is 10.0. The van der Waals surface area contributed by atoms with Gasteiger partial charge in [0.15, 0.2) is 0 Å². The van der Waals surface area contributed by atoms with Crippen molar-refractivity contribution < 1.29 is 9.59 Å². The van der Waals surface area contributed by atoms with Crippen molar-refractivity contribution in [3.05, 3.63) is 90.3 Å². The Hall–Kier alpha value is -3.47. The van der Waals surface area contributed by atoms with Crippen molar-refractivity contribution in [2.45, 2.75) is 19.3 Å². The van der Waals surface area contributed by atoms with Crippen LogP contribution in [0.5, 0.6) is 0 Å². The van der Waals surface area contributed by atoms with Crippen LogP contribution < -0.4 is 5.32 Å². The quantitative estimate of drug-likeness (QED) is 0.673. The number of nitrogens with one attached hydrogen (secondary N) is 1. The van der Waals surface area contributed by atoms with Gasteiger partial charge in [0.05, 0.1) is 5.92 Å². The molecule has 1 fully saturated rings. The highest BCUT2D eigenvalue weighted by molar-refractivity contribution is 5.82. The maximum absolute atomic E-state index is 12.9. The standard InChI is InChI=1S/C26H27N3O2/c30-25(11-10-20-6-2-1-3-7-20)29-17-16-28-26(31)23(19-29)18-22-8-4-5-9-24(22)21-12-14-27-15-13-21/h1-9,12-15,23H,10-11,16-19H2,(H,28,31)/t23-/m1/s1. The Morgan fingerprint density at radius 2 is 1.74 bits per heavy atom. The molecule has 1 N–H and O–H groups in total. The van der Waals surface area contributed by atoms with E-state index < -0.39 is 0 Å². The summed E-state index contributed by atoms with van der Waals surface area (Å²) in [4.78, 5) is 31.6. The highest BCUT2D eigenvalue weighted by Gasteiger charge is 2.28. The summed E-state index contributed by atoms with van der Waals surface area (Å²) in [5.74, 6) is -0.151. The smallest absolute Gasteiger partial charge is 0.225 e. The van der Waals surface area contributed by atoms with Crippen molar-refractivity contribution >= 4 is 11.8 Å². The molecule has 4 rings (SSSR count). The molecule has 2 amide bonds. The number of carbonyl (C=O) groups excluding carboxylic acids is 2. The number of hydrogen-bond donors (Lipinski definition) is 1. The third kappa shape index (κ3) is 5.37. The van der Waals surface area contributed by atoms with E-state index in [1.54, 1.807) is 12.4 Å². The largest absolute Gasteiger partial charge is 0.354 e. The van der Waals surface area contributed by atoms with Gasteiger partial charge in [-0.25, -0.2) is 0 Å². The summed E-state index contributed by atoms with van der Waals surface area (Å²) >= 11 is 0. The fraction of sp³-hybridized carbons (Fsp3) is 0.269. The first-order valence-corrected chi connectivity index (χ1v) is 10.8. The van der Waals surface area contributed by atoms with Gasteiger partial charge < -0.3 is 10.2 Å². The van der Waals surface area contributed by atoms with Crippen LogP contribution in [0.2, 0.25) is 0 Å². The summed E-state index contributed by atoms with van der Waals surface area (Å²) in [7, 11) is 0. The van der Waals surface area contributed by atoms with E-state index in [4.69, 9.17) is 0 Å². The highest BCUT2D eigenvalue weighted by atomic mass is 16.2. The Morgan fingerprint density at radius 1 is 1.00 bits per heavy atom. The molecule has 1 aliphatic heterocycles. The number of aryl methyl sites for hydroxylation is 1. The van der Waals surface area contributed by atoms with Gasteiger partial charge in [-0.15, -0.1) is 0 Å². The monoisotopic (exact) mass is 413 g/mol. The Labute approximate surface area is 183 Å². The molecule has 2 heterocycles. The Balaban J connectivity index is 1.47. The molecular formula is C26H27N3O2. The summed E-state index contributed by atoms with van der Waals surface area (Å²) in [5.41, 5.74) is 4.44. The van der Waals surface area contributed by atoms with Crippen molar-refractivity contribution in [3.63, 3.8) is 0 Å². The first-order valence-electron chi connectivity index (χ1n) is 10.8. The lowest BCUT2D eigenvalue weighted by Crippen LogP contribution is -2.37. The molecule has 0 aliphatic carbocycles. The lowest BCUT2D eigenvalue weighted by Gasteiger charge is -2.24. The predicted octanol–water partition coefficient (Wildman–Crippen LogP) is 3.50. The van der Waals surface area contributed by atoms with E-state index in [0.29, 0.717) is 38.9 Å². The third-order valence-corrected chi connectivity index (χ3v) is 5.79. The van der Waals surface area contributed by atoms with Crippen molar-refractivity contribution in [3.8, 4) is 11.1 Å². The summed E-state index contributed by atoms with van der Waals surface area (Å²) in [5, 5.41) is 2.99. The summed E-state index contributed by atoms with van der Waals surface area (Å²) in [6.45, 7) is 1.50. The molecule has 0 unspecified atom stereocenters. The van der Waals surface area contributed by atoms with E-state index >= 15 is 0 Å². The minimum atomic E-state index is -0.272. The SMILES string of the molecule is O=C1NCCN(C(=O)CCc2ccccc2)C[C@H]1Cc1ccccc1-c1ccncc1. The van der Waals surface area contributed by atoms with Crippen molar-refractivity contribution in [1.29, 1.82) is 0 Å². The second-order valence-corrected chi connectivity index (χ2v) is 7.91. The number of nitrogens with zero attached hydrogens (tertiary/aromatic N) is 2. The van der Waals surface area contributed by atoms with E-state index in [-0.39, 0.29) is 17.7 Å². The van der Waals surface area contributed by atoms with Gasteiger partial charge in [0.2, 0.25) is 11.8 Å². The van der Waals surface area contributed by atoms with Gasteiger partial charge >= 0.3 is 0 Å². The normalized spacial score (nSPS) is 16.5. The van der Waals surface area contributed by atoms with E-state index in [9.17, 15) is 9.59 Å². The molecule has 158 valence electrons. The number of pyridine rings is 1. The average Bonchev–Trinajstić information content (AvgIpc) is 3.00. The van der Waals surface area contributed by atoms with Gasteiger partial charge in [-0.1, -0.05) is 54.6 Å². The molecule has 0 bridgehead atoms. The van der Waals surface area contributed by atoms with Crippen LogP contribution in [0.3, 0.4) is 0 Å². The minimum Gasteiger partial charge on any atom is -0.354 e. The molecule has 5 heteroatoms. The molecular weight excluding hydrogens is 386 g/mol. The van der Waals surface area contributed by atoms with Crippen LogP contribution in [-0.2, 0) is 22.4 Å². The maximum Gasteiger partial charge on any atom is 0.225 e. The van der Waals surface area contributed by atoms with Crippen LogP contribution in [0.25, 0.3) is 11.1 Å². The molecule has 5 nitrogen and oxygen atoms in total. The average molecular weight is 414 g/mol. The fourth-order valence-electron chi connectivity index (χ4n) is 4.11. The number of rotatable bonds is 6. The Morgan fingerprint density at radius 3 is 2.55 bits per heavy atom. The number of aromatic nitrogens is 1. The molecule has 1 aromatic heterocycles. The lowest BCUT2D eigenvalue weighted by molar-refractivity contribution is -0.132. The van der Waals surface area contributed by atoms with E-state index in [1.165, 1.54) is 0 Å². The summed E-state index contributed by atoms with van der Waals surface area (Å²) in [6.07, 6.45) is 5.31. The molecule has 3 aromatic rings. The molecule has 0 spiro atoms. The van der Waals surface area contributed by atoms with Crippen LogP contribution in [0, 0.1) is 5.92 Å². The van der Waals surface area contributed by atoms with Crippen molar-refractivity contribution in [2.24, 2.45) is 5.92 Å². The molecule has 1 saturated heterocycles. The summed E-state index contributed by atoms with van der Waals surface area (Å²) < 4.78 is 0. The first-order chi connectivity index (χ1) is 15.2. The van der Waals surface area contributed by atoms with E-state index in [2.05, 4.69) is 22.4 Å². The van der Waals surface area contributed by atoms with Gasteiger partial charge in [-0.2, -0.15) is 0 Å².